The topological polar surface area (TPSA) is 99.7 Å². The predicted octanol–water partition coefficient (Wildman–Crippen LogP) is 1.32. The zero-order chi connectivity index (χ0) is 20.0. The van der Waals surface area contributed by atoms with Crippen LogP contribution in [0, 0.1) is 0 Å². The van der Waals surface area contributed by atoms with Crippen LogP contribution in [0.2, 0.25) is 0 Å². The first kappa shape index (κ1) is 20.5. The van der Waals surface area contributed by atoms with Crippen LogP contribution in [0.1, 0.15) is 12.5 Å². The highest BCUT2D eigenvalue weighted by atomic mass is 32.2. The predicted molar refractivity (Wildman–Crippen MR) is 101 cm³/mol. The van der Waals surface area contributed by atoms with Crippen LogP contribution in [-0.4, -0.2) is 55.1 Å². The highest BCUT2D eigenvalue weighted by Gasteiger charge is 2.24. The van der Waals surface area contributed by atoms with Gasteiger partial charge in [0.25, 0.3) is 0 Å². The molecule has 0 saturated carbocycles. The van der Waals surface area contributed by atoms with E-state index in [-0.39, 0.29) is 23.3 Å². The summed E-state index contributed by atoms with van der Waals surface area (Å²) >= 11 is 0. The molecule has 0 fully saturated rings. The number of hydrogen-bond acceptors (Lipinski definition) is 5. The molecule has 0 bridgehead atoms. The van der Waals surface area contributed by atoms with Gasteiger partial charge in [-0.2, -0.15) is 4.31 Å². The van der Waals surface area contributed by atoms with Crippen LogP contribution in [0.5, 0.6) is 0 Å². The molecular formula is C18H22N4O4S. The minimum atomic E-state index is -3.82. The van der Waals surface area contributed by atoms with E-state index in [1.165, 1.54) is 43.1 Å². The molecule has 9 heteroatoms. The third-order valence-electron chi connectivity index (χ3n) is 3.84. The van der Waals surface area contributed by atoms with E-state index in [9.17, 15) is 18.0 Å². The first-order valence-corrected chi connectivity index (χ1v) is 9.61. The Morgan fingerprint density at radius 3 is 2.19 bits per heavy atom. The number of nitrogens with one attached hydrogen (secondary N) is 1. The maximum absolute atomic E-state index is 12.6. The van der Waals surface area contributed by atoms with Crippen molar-refractivity contribution < 1.29 is 18.0 Å². The number of aromatic nitrogens is 1. The summed E-state index contributed by atoms with van der Waals surface area (Å²) in [7, 11) is -0.850. The van der Waals surface area contributed by atoms with E-state index < -0.39 is 10.0 Å². The molecule has 2 aromatic rings. The molecule has 0 aliphatic heterocycles. The van der Waals surface area contributed by atoms with E-state index in [4.69, 9.17) is 0 Å². The van der Waals surface area contributed by atoms with Crippen LogP contribution >= 0.6 is 0 Å². The third-order valence-corrected chi connectivity index (χ3v) is 5.65. The standard InChI is InChI=1S/C18H22N4O4S/c1-14(23)20-16-4-6-17(7-5-16)27(25,26)22(3)13-18(24)21(2)12-15-8-10-19-11-9-15/h4-11H,12-13H2,1-3H3,(H,20,23). The number of hydrogen-bond donors (Lipinski definition) is 1. The zero-order valence-electron chi connectivity index (χ0n) is 15.4. The molecule has 0 aliphatic rings. The zero-order valence-corrected chi connectivity index (χ0v) is 16.2. The molecule has 1 heterocycles. The lowest BCUT2D eigenvalue weighted by atomic mass is 10.2. The maximum Gasteiger partial charge on any atom is 0.243 e. The summed E-state index contributed by atoms with van der Waals surface area (Å²) in [6.07, 6.45) is 3.27. The first-order valence-electron chi connectivity index (χ1n) is 8.17. The van der Waals surface area contributed by atoms with Crippen LogP contribution in [0.3, 0.4) is 0 Å². The van der Waals surface area contributed by atoms with E-state index in [1.54, 1.807) is 31.6 Å². The van der Waals surface area contributed by atoms with E-state index in [2.05, 4.69) is 10.3 Å². The summed E-state index contributed by atoms with van der Waals surface area (Å²) in [5.74, 6) is -0.571. The van der Waals surface area contributed by atoms with E-state index in [0.717, 1.165) is 9.87 Å². The molecule has 1 N–H and O–H groups in total. The summed E-state index contributed by atoms with van der Waals surface area (Å²) < 4.78 is 26.3. The van der Waals surface area contributed by atoms with E-state index in [1.807, 2.05) is 0 Å². The van der Waals surface area contributed by atoms with Crippen molar-refractivity contribution in [3.05, 3.63) is 54.4 Å². The van der Waals surface area contributed by atoms with Crippen molar-refractivity contribution in [2.75, 3.05) is 26.0 Å². The molecule has 0 aliphatic carbocycles. The van der Waals surface area contributed by atoms with Crippen LogP contribution in [0.4, 0.5) is 5.69 Å². The number of amides is 2. The van der Waals surface area contributed by atoms with Gasteiger partial charge >= 0.3 is 0 Å². The number of sulfonamides is 1. The normalized spacial score (nSPS) is 11.3. The average molecular weight is 390 g/mol. The summed E-state index contributed by atoms with van der Waals surface area (Å²) in [6.45, 7) is 1.45. The second-order valence-corrected chi connectivity index (χ2v) is 8.12. The van der Waals surface area contributed by atoms with Crippen molar-refractivity contribution in [2.45, 2.75) is 18.4 Å². The molecule has 0 unspecified atom stereocenters. The second kappa shape index (κ2) is 8.74. The molecule has 1 aromatic carbocycles. The fourth-order valence-electron chi connectivity index (χ4n) is 2.34. The number of likely N-dealkylation sites (N-methyl/N-ethyl adjacent to an activating group) is 2. The van der Waals surface area contributed by atoms with Gasteiger partial charge in [0.15, 0.2) is 0 Å². The molecule has 2 amide bonds. The Hall–Kier alpha value is -2.78. The third kappa shape index (κ3) is 5.60. The molecule has 0 radical (unpaired) electrons. The lowest BCUT2D eigenvalue weighted by molar-refractivity contribution is -0.130. The molecule has 0 saturated heterocycles. The molecule has 1 aromatic heterocycles. The number of benzene rings is 1. The number of nitrogens with zero attached hydrogens (tertiary/aromatic N) is 3. The van der Waals surface area contributed by atoms with E-state index in [0.29, 0.717) is 12.2 Å². The molecule has 8 nitrogen and oxygen atoms in total. The van der Waals surface area contributed by atoms with Gasteiger partial charge in [0.05, 0.1) is 11.4 Å². The van der Waals surface area contributed by atoms with Crippen molar-refractivity contribution in [1.82, 2.24) is 14.2 Å². The van der Waals surface area contributed by atoms with Gasteiger partial charge in [0, 0.05) is 45.6 Å². The monoisotopic (exact) mass is 390 g/mol. The number of carbonyl (C=O) groups is 2. The Morgan fingerprint density at radius 1 is 1.04 bits per heavy atom. The summed E-state index contributed by atoms with van der Waals surface area (Å²) in [5.41, 5.74) is 1.40. The number of anilines is 1. The average Bonchev–Trinajstić information content (AvgIpc) is 2.62. The molecule has 2 rings (SSSR count). The molecular weight excluding hydrogens is 368 g/mol. The lowest BCUT2D eigenvalue weighted by Crippen LogP contribution is -2.39. The van der Waals surface area contributed by atoms with Crippen molar-refractivity contribution >= 4 is 27.5 Å². The quantitative estimate of drug-likeness (QED) is 0.769. The van der Waals surface area contributed by atoms with Crippen molar-refractivity contribution in [2.24, 2.45) is 0 Å². The Bertz CT molecular complexity index is 899. The summed E-state index contributed by atoms with van der Waals surface area (Å²) in [5, 5.41) is 2.57. The van der Waals surface area contributed by atoms with Gasteiger partial charge in [-0.25, -0.2) is 8.42 Å². The Labute approximate surface area is 158 Å². The number of pyridine rings is 1. The summed E-state index contributed by atoms with van der Waals surface area (Å²) in [4.78, 5) is 28.8. The lowest BCUT2D eigenvalue weighted by Gasteiger charge is -2.22. The molecule has 27 heavy (non-hydrogen) atoms. The van der Waals surface area contributed by atoms with Gasteiger partial charge in [-0.3, -0.25) is 14.6 Å². The van der Waals surface area contributed by atoms with Crippen molar-refractivity contribution in [1.29, 1.82) is 0 Å². The molecule has 144 valence electrons. The first-order chi connectivity index (χ1) is 12.7. The van der Waals surface area contributed by atoms with Gasteiger partial charge in [-0.1, -0.05) is 0 Å². The van der Waals surface area contributed by atoms with Gasteiger partial charge in [-0.05, 0) is 42.0 Å². The van der Waals surface area contributed by atoms with Gasteiger partial charge in [0.1, 0.15) is 0 Å². The van der Waals surface area contributed by atoms with Crippen LogP contribution in [0.25, 0.3) is 0 Å². The fraction of sp³-hybridized carbons (Fsp3) is 0.278. The highest BCUT2D eigenvalue weighted by molar-refractivity contribution is 7.89. The van der Waals surface area contributed by atoms with E-state index >= 15 is 0 Å². The minimum Gasteiger partial charge on any atom is -0.340 e. The highest BCUT2D eigenvalue weighted by Crippen LogP contribution is 2.17. The van der Waals surface area contributed by atoms with Gasteiger partial charge < -0.3 is 10.2 Å². The number of rotatable bonds is 7. The van der Waals surface area contributed by atoms with Crippen LogP contribution < -0.4 is 5.32 Å². The second-order valence-electron chi connectivity index (χ2n) is 6.07. The Kier molecular flexibility index (Phi) is 6.65. The van der Waals surface area contributed by atoms with Gasteiger partial charge in [-0.15, -0.1) is 0 Å². The van der Waals surface area contributed by atoms with Crippen LogP contribution in [0.15, 0.2) is 53.7 Å². The minimum absolute atomic E-state index is 0.0451. The molecule has 0 spiro atoms. The summed E-state index contributed by atoms with van der Waals surface area (Å²) in [6, 6.07) is 9.37. The number of carbonyl (C=O) groups excluding carboxylic acids is 2. The van der Waals surface area contributed by atoms with Crippen molar-refractivity contribution in [3.63, 3.8) is 0 Å². The van der Waals surface area contributed by atoms with Crippen molar-refractivity contribution in [3.8, 4) is 0 Å². The largest absolute Gasteiger partial charge is 0.340 e. The SMILES string of the molecule is CC(=O)Nc1ccc(S(=O)(=O)N(C)CC(=O)N(C)Cc2ccncc2)cc1. The fourth-order valence-corrected chi connectivity index (χ4v) is 3.46. The Balaban J connectivity index is 2.03. The van der Waals surface area contributed by atoms with Gasteiger partial charge in [0.2, 0.25) is 21.8 Å². The molecule has 0 atom stereocenters. The maximum atomic E-state index is 12.6. The smallest absolute Gasteiger partial charge is 0.243 e. The van der Waals surface area contributed by atoms with Crippen LogP contribution in [-0.2, 0) is 26.2 Å². The Morgan fingerprint density at radius 2 is 1.63 bits per heavy atom.